The number of carbonyl (C=O) groups is 2. The third-order valence-electron chi connectivity index (χ3n) is 3.40. The maximum Gasteiger partial charge on any atom is 0.252 e. The van der Waals surface area contributed by atoms with E-state index in [1.165, 1.54) is 0 Å². The van der Waals surface area contributed by atoms with Crippen molar-refractivity contribution in [3.63, 3.8) is 0 Å². The largest absolute Gasteiger partial charge is 0.289 e. The number of nitrogens with zero attached hydrogens (tertiary/aromatic N) is 2. The van der Waals surface area contributed by atoms with E-state index in [9.17, 15) is 9.59 Å². The van der Waals surface area contributed by atoms with Gasteiger partial charge in [-0.05, 0) is 45.1 Å². The summed E-state index contributed by atoms with van der Waals surface area (Å²) in [5, 5.41) is 12.5. The maximum atomic E-state index is 11.9. The molecule has 1 aromatic rings. The second-order valence-corrected chi connectivity index (χ2v) is 5.87. The van der Waals surface area contributed by atoms with E-state index in [2.05, 4.69) is 23.5 Å². The van der Waals surface area contributed by atoms with Crippen LogP contribution in [0.1, 0.15) is 50.2 Å². The number of hydrogen-bond donors (Lipinski definition) is 4. The van der Waals surface area contributed by atoms with E-state index < -0.39 is 5.91 Å². The Bertz CT molecular complexity index is 592. The van der Waals surface area contributed by atoms with E-state index in [0.717, 1.165) is 21.3 Å². The molecule has 0 radical (unpaired) electrons. The number of hydrazine groups is 1. The first-order valence-corrected chi connectivity index (χ1v) is 8.15. The molecule has 7 nitrogen and oxygen atoms in total. The van der Waals surface area contributed by atoms with Gasteiger partial charge in [0.1, 0.15) is 0 Å². The van der Waals surface area contributed by atoms with E-state index in [-0.39, 0.29) is 12.3 Å². The fourth-order valence-electron chi connectivity index (χ4n) is 2.01. The third-order valence-corrected chi connectivity index (χ3v) is 3.72. The second kappa shape index (κ2) is 10.7. The number of carbonyl (C=O) groups excluding carboxylic acids is 2. The topological polar surface area (TPSA) is 94.0 Å². The fraction of sp³-hybridized carbons (Fsp3) is 0.438. The number of hydroxylamine groups is 1. The SMILES string of the molecule is C/C(=N\NN(S)C(=O)CCCCCC(=O)NO)c1cccc(C)c1. The van der Waals surface area contributed by atoms with Gasteiger partial charge in [0, 0.05) is 12.8 Å². The van der Waals surface area contributed by atoms with Gasteiger partial charge in [-0.2, -0.15) is 9.52 Å². The molecule has 24 heavy (non-hydrogen) atoms. The summed E-state index contributed by atoms with van der Waals surface area (Å²) in [7, 11) is 0. The van der Waals surface area contributed by atoms with Gasteiger partial charge in [-0.25, -0.2) is 11.0 Å². The summed E-state index contributed by atoms with van der Waals surface area (Å²) in [5.41, 5.74) is 7.04. The molecule has 2 amide bonds. The van der Waals surface area contributed by atoms with E-state index in [4.69, 9.17) is 5.21 Å². The van der Waals surface area contributed by atoms with Gasteiger partial charge >= 0.3 is 0 Å². The Kier molecular flexibility index (Phi) is 8.88. The normalized spacial score (nSPS) is 11.1. The lowest BCUT2D eigenvalue weighted by molar-refractivity contribution is -0.129. The van der Waals surface area contributed by atoms with Crippen molar-refractivity contribution in [3.8, 4) is 0 Å². The summed E-state index contributed by atoms with van der Waals surface area (Å²) in [6.07, 6.45) is 2.51. The van der Waals surface area contributed by atoms with Crippen molar-refractivity contribution in [1.29, 1.82) is 0 Å². The lowest BCUT2D eigenvalue weighted by atomic mass is 10.1. The molecule has 0 aliphatic carbocycles. The van der Waals surface area contributed by atoms with Gasteiger partial charge in [-0.1, -0.05) is 36.2 Å². The Balaban J connectivity index is 2.33. The van der Waals surface area contributed by atoms with Gasteiger partial charge in [-0.3, -0.25) is 14.8 Å². The summed E-state index contributed by atoms with van der Waals surface area (Å²) >= 11 is 4.07. The van der Waals surface area contributed by atoms with Crippen LogP contribution in [0.5, 0.6) is 0 Å². The standard InChI is InChI=1S/C16H24N4O3S/c1-12-7-6-8-14(11-12)13(2)17-19-20(24)16(22)10-5-3-4-9-15(21)18-23/h6-8,11,19,23-24H,3-5,9-10H2,1-2H3,(H,18,21)/b17-13+. The number of nitrogens with one attached hydrogen (secondary N) is 2. The first-order valence-electron chi connectivity index (χ1n) is 7.75. The minimum Gasteiger partial charge on any atom is -0.289 e. The van der Waals surface area contributed by atoms with Gasteiger partial charge in [0.15, 0.2) is 0 Å². The molecule has 0 saturated heterocycles. The molecule has 0 heterocycles. The molecule has 0 spiro atoms. The summed E-state index contributed by atoms with van der Waals surface area (Å²) in [6, 6.07) is 7.90. The van der Waals surface area contributed by atoms with Crippen molar-refractivity contribution in [2.45, 2.75) is 46.0 Å². The third kappa shape index (κ3) is 7.47. The molecule has 0 aliphatic heterocycles. The highest BCUT2D eigenvalue weighted by Crippen LogP contribution is 2.07. The Morgan fingerprint density at radius 3 is 2.62 bits per heavy atom. The Labute approximate surface area is 147 Å². The summed E-state index contributed by atoms with van der Waals surface area (Å²) in [5.74, 6) is -0.620. The number of hydrogen-bond acceptors (Lipinski definition) is 6. The quantitative estimate of drug-likeness (QED) is 0.180. The minimum absolute atomic E-state index is 0.203. The number of rotatable bonds is 9. The molecule has 0 unspecified atom stereocenters. The molecular weight excluding hydrogens is 328 g/mol. The molecule has 0 bridgehead atoms. The van der Waals surface area contributed by atoms with Crippen molar-refractivity contribution >= 4 is 30.3 Å². The van der Waals surface area contributed by atoms with E-state index in [0.29, 0.717) is 25.7 Å². The number of hydrazone groups is 1. The molecule has 132 valence electrons. The van der Waals surface area contributed by atoms with Crippen LogP contribution < -0.4 is 11.0 Å². The van der Waals surface area contributed by atoms with Crippen LogP contribution in [0, 0.1) is 6.92 Å². The molecule has 0 saturated carbocycles. The molecule has 8 heteroatoms. The number of amides is 2. The van der Waals surface area contributed by atoms with Crippen molar-refractivity contribution < 1.29 is 14.8 Å². The smallest absolute Gasteiger partial charge is 0.252 e. The van der Waals surface area contributed by atoms with Crippen LogP contribution >= 0.6 is 12.8 Å². The van der Waals surface area contributed by atoms with E-state index in [1.54, 1.807) is 5.48 Å². The highest BCUT2D eigenvalue weighted by Gasteiger charge is 2.09. The number of unbranched alkanes of at least 4 members (excludes halogenated alkanes) is 2. The zero-order chi connectivity index (χ0) is 17.9. The minimum atomic E-state index is -0.417. The molecule has 0 aromatic heterocycles. The predicted octanol–water partition coefficient (Wildman–Crippen LogP) is 2.35. The number of benzene rings is 1. The summed E-state index contributed by atoms with van der Waals surface area (Å²) < 4.78 is 1.06. The first-order chi connectivity index (χ1) is 11.4. The van der Waals surface area contributed by atoms with E-state index in [1.807, 2.05) is 38.1 Å². The van der Waals surface area contributed by atoms with Crippen LogP contribution in [-0.2, 0) is 9.59 Å². The van der Waals surface area contributed by atoms with Gasteiger partial charge in [0.05, 0.1) is 5.71 Å². The second-order valence-electron chi connectivity index (χ2n) is 5.47. The predicted molar refractivity (Wildman–Crippen MR) is 95.4 cm³/mol. The number of thiol groups is 1. The van der Waals surface area contributed by atoms with Crippen LogP contribution in [-0.4, -0.2) is 27.1 Å². The average molecular weight is 352 g/mol. The highest BCUT2D eigenvalue weighted by molar-refractivity contribution is 7.78. The molecule has 0 fully saturated rings. The molecule has 1 aromatic carbocycles. The molecule has 0 atom stereocenters. The van der Waals surface area contributed by atoms with Gasteiger partial charge in [0.25, 0.3) is 5.91 Å². The molecule has 0 aliphatic rings. The maximum absolute atomic E-state index is 11.9. The van der Waals surface area contributed by atoms with Crippen LogP contribution in [0.2, 0.25) is 0 Å². The monoisotopic (exact) mass is 352 g/mol. The van der Waals surface area contributed by atoms with Gasteiger partial charge in [-0.15, -0.1) is 0 Å². The van der Waals surface area contributed by atoms with Crippen LogP contribution in [0.25, 0.3) is 0 Å². The van der Waals surface area contributed by atoms with Crippen LogP contribution in [0.15, 0.2) is 29.4 Å². The zero-order valence-electron chi connectivity index (χ0n) is 14.0. The van der Waals surface area contributed by atoms with Crippen LogP contribution in [0.4, 0.5) is 0 Å². The molecule has 1 rings (SSSR count). The molecule has 3 N–H and O–H groups in total. The molecular formula is C16H24N4O3S. The Morgan fingerprint density at radius 1 is 1.25 bits per heavy atom. The van der Waals surface area contributed by atoms with Crippen molar-refractivity contribution in [3.05, 3.63) is 35.4 Å². The Hall–Kier alpha value is -2.06. The zero-order valence-corrected chi connectivity index (χ0v) is 14.8. The highest BCUT2D eigenvalue weighted by atomic mass is 32.1. The lowest BCUT2D eigenvalue weighted by Gasteiger charge is -2.15. The van der Waals surface area contributed by atoms with Gasteiger partial charge in [0.2, 0.25) is 5.91 Å². The fourth-order valence-corrected chi connectivity index (χ4v) is 2.16. The summed E-state index contributed by atoms with van der Waals surface area (Å²) in [6.45, 7) is 3.85. The first kappa shape index (κ1) is 20.0. The van der Waals surface area contributed by atoms with E-state index >= 15 is 0 Å². The Morgan fingerprint density at radius 2 is 1.96 bits per heavy atom. The van der Waals surface area contributed by atoms with Crippen molar-refractivity contribution in [2.24, 2.45) is 5.10 Å². The van der Waals surface area contributed by atoms with Crippen molar-refractivity contribution in [1.82, 2.24) is 15.4 Å². The average Bonchev–Trinajstić information content (AvgIpc) is 2.58. The number of aryl methyl sites for hydroxylation is 1. The summed E-state index contributed by atoms with van der Waals surface area (Å²) in [4.78, 5) is 22.7. The van der Waals surface area contributed by atoms with Gasteiger partial charge < -0.3 is 0 Å². The van der Waals surface area contributed by atoms with Crippen molar-refractivity contribution in [2.75, 3.05) is 0 Å². The van der Waals surface area contributed by atoms with Crippen LogP contribution in [0.3, 0.4) is 0 Å². The lowest BCUT2D eigenvalue weighted by Crippen LogP contribution is -2.32.